The first kappa shape index (κ1) is 21.5. The molecule has 7 nitrogen and oxygen atoms in total. The predicted molar refractivity (Wildman–Crippen MR) is 113 cm³/mol. The monoisotopic (exact) mass is 427 g/mol. The van der Waals surface area contributed by atoms with E-state index < -0.39 is 10.0 Å². The molecular weight excluding hydrogens is 388 g/mol. The number of fused-ring (bicyclic) bond motifs is 1. The number of quaternary nitrogens is 1. The fourth-order valence-corrected chi connectivity index (χ4v) is 7.22. The molecule has 0 radical (unpaired) electrons. The Bertz CT molecular complexity index is 699. The van der Waals surface area contributed by atoms with E-state index in [9.17, 15) is 13.2 Å². The average molecular weight is 428 g/mol. The van der Waals surface area contributed by atoms with Gasteiger partial charge in [0.15, 0.2) is 0 Å². The van der Waals surface area contributed by atoms with Crippen LogP contribution in [0.5, 0.6) is 0 Å². The summed E-state index contributed by atoms with van der Waals surface area (Å²) in [4.78, 5) is 15.5. The second-order valence-corrected chi connectivity index (χ2v) is 12.0. The average Bonchev–Trinajstić information content (AvgIpc) is 2.85. The van der Waals surface area contributed by atoms with Crippen molar-refractivity contribution < 1.29 is 17.8 Å². The van der Waals surface area contributed by atoms with Gasteiger partial charge >= 0.3 is 0 Å². The molecule has 0 aliphatic carbocycles. The molecule has 0 aromatic rings. The number of piperidine rings is 2. The van der Waals surface area contributed by atoms with Crippen molar-refractivity contribution in [3.63, 3.8) is 0 Å². The van der Waals surface area contributed by atoms with Crippen LogP contribution < -0.4 is 5.43 Å². The minimum absolute atomic E-state index is 0.0945. The number of nitrogens with one attached hydrogen (secondary N) is 1. The van der Waals surface area contributed by atoms with Crippen molar-refractivity contribution in [2.45, 2.75) is 57.4 Å². The Hall–Kier alpha value is -0.700. The van der Waals surface area contributed by atoms with E-state index in [0.29, 0.717) is 36.9 Å². The van der Waals surface area contributed by atoms with Crippen molar-refractivity contribution in [2.75, 3.05) is 52.6 Å². The summed E-state index contributed by atoms with van der Waals surface area (Å²) in [6.45, 7) is 5.05. The van der Waals surface area contributed by atoms with E-state index in [0.717, 1.165) is 62.9 Å². The first-order valence-electron chi connectivity index (χ1n) is 11.6. The summed E-state index contributed by atoms with van der Waals surface area (Å²) in [5, 5.41) is 0. The number of carbonyl (C=O) groups is 1. The lowest BCUT2D eigenvalue weighted by atomic mass is 9.74. The van der Waals surface area contributed by atoms with Gasteiger partial charge in [-0.25, -0.2) is 17.3 Å². The molecule has 0 saturated carbocycles. The van der Waals surface area contributed by atoms with E-state index in [1.165, 1.54) is 25.5 Å². The fraction of sp³-hybridized carbons (Fsp3) is 0.952. The second-order valence-electron chi connectivity index (χ2n) is 10.1. The third-order valence-corrected chi connectivity index (χ3v) is 9.55. The van der Waals surface area contributed by atoms with Crippen molar-refractivity contribution in [3.8, 4) is 0 Å². The van der Waals surface area contributed by atoms with Gasteiger partial charge in [0.2, 0.25) is 15.9 Å². The summed E-state index contributed by atoms with van der Waals surface area (Å²) in [5.74, 6) is 1.68. The van der Waals surface area contributed by atoms with Gasteiger partial charge in [0.05, 0.1) is 26.4 Å². The van der Waals surface area contributed by atoms with Crippen LogP contribution in [0.4, 0.5) is 0 Å². The van der Waals surface area contributed by atoms with Crippen LogP contribution in [0.25, 0.3) is 0 Å². The molecule has 1 amide bonds. The molecule has 29 heavy (non-hydrogen) atoms. The van der Waals surface area contributed by atoms with E-state index in [-0.39, 0.29) is 5.92 Å². The molecule has 4 aliphatic heterocycles. The summed E-state index contributed by atoms with van der Waals surface area (Å²) in [6, 6.07) is 0.359. The molecule has 4 fully saturated rings. The predicted octanol–water partition coefficient (Wildman–Crippen LogP) is 1.42. The van der Waals surface area contributed by atoms with Gasteiger partial charge in [0, 0.05) is 39.0 Å². The molecule has 4 heterocycles. The van der Waals surface area contributed by atoms with Crippen molar-refractivity contribution in [2.24, 2.45) is 17.8 Å². The van der Waals surface area contributed by atoms with E-state index in [1.54, 1.807) is 4.31 Å². The Labute approximate surface area is 176 Å². The lowest BCUT2D eigenvalue weighted by Crippen LogP contribution is -2.61. The van der Waals surface area contributed by atoms with Gasteiger partial charge in [-0.15, -0.1) is 0 Å². The van der Waals surface area contributed by atoms with Gasteiger partial charge in [-0.05, 0) is 37.5 Å². The quantitative estimate of drug-likeness (QED) is 0.692. The fourth-order valence-electron chi connectivity index (χ4n) is 6.35. The maximum atomic E-state index is 13.4. The molecule has 1 N–H and O–H groups in total. The van der Waals surface area contributed by atoms with Crippen LogP contribution in [0.1, 0.15) is 51.4 Å². The third-order valence-electron chi connectivity index (χ3n) is 8.25. The van der Waals surface area contributed by atoms with E-state index in [2.05, 4.69) is 17.4 Å². The van der Waals surface area contributed by atoms with Crippen molar-refractivity contribution in [3.05, 3.63) is 0 Å². The summed E-state index contributed by atoms with van der Waals surface area (Å²) < 4.78 is 26.1. The first-order chi connectivity index (χ1) is 13.8. The Morgan fingerprint density at radius 1 is 0.966 bits per heavy atom. The zero-order valence-electron chi connectivity index (χ0n) is 18.2. The molecule has 0 aromatic carbocycles. The standard InChI is InChI=1S/C21H39N4O3S/c1-25-14-9-18(17-7-12-24(13-8-17)29(2,27)28)15-20(25)19(16-22-25)21(26)23-10-5-3-4-6-11-23/h17-20,22H,3-16H2,1-2H3/q+1. The molecule has 4 aliphatic rings. The number of sulfonamides is 1. The number of likely N-dealkylation sites (tertiary alicyclic amines) is 1. The number of hydrogen-bond acceptors (Lipinski definition) is 4. The molecule has 8 heteroatoms. The Kier molecular flexibility index (Phi) is 6.27. The molecule has 4 atom stereocenters. The molecule has 4 rings (SSSR count). The van der Waals surface area contributed by atoms with Crippen LogP contribution in [0, 0.1) is 17.8 Å². The van der Waals surface area contributed by atoms with Gasteiger partial charge in [-0.3, -0.25) is 4.79 Å². The van der Waals surface area contributed by atoms with Gasteiger partial charge < -0.3 is 4.90 Å². The highest BCUT2D eigenvalue weighted by Gasteiger charge is 2.54. The Morgan fingerprint density at radius 3 is 2.24 bits per heavy atom. The maximum Gasteiger partial charge on any atom is 0.233 e. The van der Waals surface area contributed by atoms with E-state index >= 15 is 0 Å². The number of amides is 1. The van der Waals surface area contributed by atoms with Crippen LogP contribution in [-0.4, -0.2) is 86.7 Å². The van der Waals surface area contributed by atoms with E-state index in [4.69, 9.17) is 0 Å². The largest absolute Gasteiger partial charge is 0.342 e. The lowest BCUT2D eigenvalue weighted by molar-refractivity contribution is -0.968. The number of nitrogens with zero attached hydrogens (tertiary/aromatic N) is 3. The number of carbonyl (C=O) groups excluding carboxylic acids is 1. The molecule has 166 valence electrons. The molecule has 0 bridgehead atoms. The van der Waals surface area contributed by atoms with Crippen LogP contribution in [0.2, 0.25) is 0 Å². The van der Waals surface area contributed by atoms with Crippen molar-refractivity contribution in [1.82, 2.24) is 14.6 Å². The molecule has 4 unspecified atom stereocenters. The van der Waals surface area contributed by atoms with Crippen molar-refractivity contribution in [1.29, 1.82) is 0 Å². The maximum absolute atomic E-state index is 13.4. The Morgan fingerprint density at radius 2 is 1.62 bits per heavy atom. The SMILES string of the molecule is C[N+]12CCC(C3CCN(S(C)(=O)=O)CC3)CC1C(C(=O)N1CCCCCC1)CN2. The topological polar surface area (TPSA) is 69.7 Å². The normalized spacial score (nSPS) is 37.9. The third kappa shape index (κ3) is 4.50. The summed E-state index contributed by atoms with van der Waals surface area (Å²) in [7, 11) is -0.803. The van der Waals surface area contributed by atoms with Gasteiger partial charge in [-0.1, -0.05) is 12.8 Å². The lowest BCUT2D eigenvalue weighted by Gasteiger charge is -2.46. The van der Waals surface area contributed by atoms with Crippen molar-refractivity contribution >= 4 is 15.9 Å². The highest BCUT2D eigenvalue weighted by atomic mass is 32.2. The van der Waals surface area contributed by atoms with Gasteiger partial charge in [0.25, 0.3) is 0 Å². The molecule has 0 aromatic heterocycles. The Balaban J connectivity index is 1.41. The minimum atomic E-state index is -3.07. The van der Waals surface area contributed by atoms with Gasteiger partial charge in [-0.2, -0.15) is 5.43 Å². The highest BCUT2D eigenvalue weighted by Crippen LogP contribution is 2.41. The van der Waals surface area contributed by atoms with Crippen LogP contribution in [-0.2, 0) is 14.8 Å². The second kappa shape index (κ2) is 8.44. The molecule has 4 saturated heterocycles. The summed E-state index contributed by atoms with van der Waals surface area (Å²) in [6.07, 6.45) is 10.3. The minimum Gasteiger partial charge on any atom is -0.342 e. The highest BCUT2D eigenvalue weighted by molar-refractivity contribution is 7.88. The zero-order chi connectivity index (χ0) is 20.6. The number of rotatable bonds is 3. The molecular formula is C21H39N4O3S+. The van der Waals surface area contributed by atoms with Gasteiger partial charge in [0.1, 0.15) is 12.0 Å². The van der Waals surface area contributed by atoms with Crippen LogP contribution in [0.15, 0.2) is 0 Å². The summed E-state index contributed by atoms with van der Waals surface area (Å²) >= 11 is 0. The zero-order valence-corrected chi connectivity index (χ0v) is 19.0. The smallest absolute Gasteiger partial charge is 0.233 e. The summed E-state index contributed by atoms with van der Waals surface area (Å²) in [5.41, 5.74) is 3.67. The number of hydrogen-bond donors (Lipinski definition) is 1. The van der Waals surface area contributed by atoms with E-state index in [1.807, 2.05) is 0 Å². The van der Waals surface area contributed by atoms with Crippen LogP contribution >= 0.6 is 0 Å². The van der Waals surface area contributed by atoms with Crippen LogP contribution in [0.3, 0.4) is 0 Å². The molecule has 0 spiro atoms. The first-order valence-corrected chi connectivity index (χ1v) is 13.5.